The van der Waals surface area contributed by atoms with Crippen LogP contribution in [-0.2, 0) is 0 Å². The molecule has 3 aromatic rings. The van der Waals surface area contributed by atoms with Crippen molar-refractivity contribution in [3.05, 3.63) is 70.9 Å². The Morgan fingerprint density at radius 2 is 2.00 bits per heavy atom. The molecule has 0 atom stereocenters. The minimum absolute atomic E-state index is 0.615. The van der Waals surface area contributed by atoms with Crippen molar-refractivity contribution < 1.29 is 0 Å². The summed E-state index contributed by atoms with van der Waals surface area (Å²) in [5.41, 5.74) is 3.46. The number of nitriles is 1. The molecular formula is C17H11ClN2. The molecule has 2 aromatic carbocycles. The minimum Gasteiger partial charge on any atom is -0.361 e. The predicted octanol–water partition coefficient (Wildman–Crippen LogP) is 4.89. The highest BCUT2D eigenvalue weighted by Gasteiger charge is 2.07. The fraction of sp³-hybridized carbons (Fsp3) is 0. The van der Waals surface area contributed by atoms with Crippen molar-refractivity contribution >= 4 is 34.2 Å². The summed E-state index contributed by atoms with van der Waals surface area (Å²) in [6.07, 6.45) is 3.71. The summed E-state index contributed by atoms with van der Waals surface area (Å²) >= 11 is 5.97. The molecule has 1 aromatic heterocycles. The van der Waals surface area contributed by atoms with Crippen molar-refractivity contribution in [1.29, 1.82) is 5.26 Å². The largest absolute Gasteiger partial charge is 0.361 e. The first-order valence-corrected chi connectivity index (χ1v) is 6.59. The topological polar surface area (TPSA) is 39.6 Å². The number of benzene rings is 2. The van der Waals surface area contributed by atoms with Crippen LogP contribution in [-0.4, -0.2) is 4.98 Å². The molecule has 20 heavy (non-hydrogen) atoms. The van der Waals surface area contributed by atoms with Crippen LogP contribution in [0.3, 0.4) is 0 Å². The van der Waals surface area contributed by atoms with Gasteiger partial charge in [0.15, 0.2) is 0 Å². The lowest BCUT2D eigenvalue weighted by molar-refractivity contribution is 1.46. The van der Waals surface area contributed by atoms with Crippen LogP contribution in [0.4, 0.5) is 0 Å². The van der Waals surface area contributed by atoms with Gasteiger partial charge in [0.1, 0.15) is 0 Å². The number of nitrogens with zero attached hydrogens (tertiary/aromatic N) is 1. The zero-order valence-corrected chi connectivity index (χ0v) is 11.4. The number of hydrogen-bond acceptors (Lipinski definition) is 1. The van der Waals surface area contributed by atoms with Gasteiger partial charge in [-0.05, 0) is 29.8 Å². The highest BCUT2D eigenvalue weighted by atomic mass is 35.5. The number of H-pyrrole nitrogens is 1. The van der Waals surface area contributed by atoms with E-state index in [0.29, 0.717) is 10.6 Å². The molecule has 2 nitrogen and oxygen atoms in total. The van der Waals surface area contributed by atoms with Gasteiger partial charge in [0.25, 0.3) is 0 Å². The molecule has 0 fully saturated rings. The van der Waals surface area contributed by atoms with Crippen molar-refractivity contribution in [2.24, 2.45) is 0 Å². The lowest BCUT2D eigenvalue weighted by Crippen LogP contribution is -1.80. The third kappa shape index (κ3) is 2.32. The molecule has 3 rings (SSSR count). The second kappa shape index (κ2) is 5.24. The Balaban J connectivity index is 2.13. The highest BCUT2D eigenvalue weighted by Crippen LogP contribution is 2.26. The van der Waals surface area contributed by atoms with Crippen LogP contribution >= 0.6 is 11.6 Å². The molecule has 0 spiro atoms. The zero-order valence-electron chi connectivity index (χ0n) is 10.6. The van der Waals surface area contributed by atoms with E-state index in [1.807, 2.05) is 60.8 Å². The molecule has 0 unspecified atom stereocenters. The van der Waals surface area contributed by atoms with E-state index in [1.54, 1.807) is 0 Å². The molecule has 0 radical (unpaired) electrons. The molecule has 0 aliphatic carbocycles. The van der Waals surface area contributed by atoms with Crippen LogP contribution in [0.15, 0.2) is 54.7 Å². The SMILES string of the molecule is N#C/C(=C/c1cccc(Cl)c1)c1c[nH]c2ccccc12. The van der Waals surface area contributed by atoms with Crippen LogP contribution in [0.25, 0.3) is 22.6 Å². The van der Waals surface area contributed by atoms with E-state index in [9.17, 15) is 5.26 Å². The van der Waals surface area contributed by atoms with Crippen molar-refractivity contribution in [3.8, 4) is 6.07 Å². The fourth-order valence-electron chi connectivity index (χ4n) is 2.23. The number of rotatable bonds is 2. The van der Waals surface area contributed by atoms with Crippen molar-refractivity contribution in [3.63, 3.8) is 0 Å². The van der Waals surface area contributed by atoms with Crippen LogP contribution < -0.4 is 0 Å². The standard InChI is InChI=1S/C17H11ClN2/c18-14-5-3-4-12(9-14)8-13(10-19)16-11-20-17-7-2-1-6-15(16)17/h1-9,11,20H/b13-8-. The van der Waals surface area contributed by atoms with Gasteiger partial charge in [-0.15, -0.1) is 0 Å². The van der Waals surface area contributed by atoms with Gasteiger partial charge in [0.05, 0.1) is 11.6 Å². The van der Waals surface area contributed by atoms with E-state index in [4.69, 9.17) is 11.6 Å². The summed E-state index contributed by atoms with van der Waals surface area (Å²) < 4.78 is 0. The van der Waals surface area contributed by atoms with Gasteiger partial charge < -0.3 is 4.98 Å². The van der Waals surface area contributed by atoms with Gasteiger partial charge in [-0.2, -0.15) is 5.26 Å². The quantitative estimate of drug-likeness (QED) is 0.666. The van der Waals surface area contributed by atoms with E-state index in [-0.39, 0.29) is 0 Å². The van der Waals surface area contributed by atoms with Crippen LogP contribution in [0.2, 0.25) is 5.02 Å². The molecule has 0 aliphatic rings. The molecule has 1 N–H and O–H groups in total. The summed E-state index contributed by atoms with van der Waals surface area (Å²) in [6.45, 7) is 0. The Morgan fingerprint density at radius 1 is 1.15 bits per heavy atom. The number of aromatic amines is 1. The third-order valence-electron chi connectivity index (χ3n) is 3.16. The van der Waals surface area contributed by atoms with Gasteiger partial charge in [0, 0.05) is 27.7 Å². The maximum absolute atomic E-state index is 9.42. The smallest absolute Gasteiger partial charge is 0.0998 e. The van der Waals surface area contributed by atoms with Gasteiger partial charge in [-0.1, -0.05) is 41.9 Å². The second-order valence-electron chi connectivity index (χ2n) is 4.47. The zero-order chi connectivity index (χ0) is 13.9. The van der Waals surface area contributed by atoms with E-state index >= 15 is 0 Å². The number of fused-ring (bicyclic) bond motifs is 1. The number of allylic oxidation sites excluding steroid dienone is 1. The number of halogens is 1. The number of hydrogen-bond donors (Lipinski definition) is 1. The Bertz CT molecular complexity index is 837. The van der Waals surface area contributed by atoms with Gasteiger partial charge in [-0.3, -0.25) is 0 Å². The maximum atomic E-state index is 9.42. The normalized spacial score (nSPS) is 11.5. The molecular weight excluding hydrogens is 268 g/mol. The Kier molecular flexibility index (Phi) is 3.28. The van der Waals surface area contributed by atoms with Crippen LogP contribution in [0, 0.1) is 11.3 Å². The number of aromatic nitrogens is 1. The predicted molar refractivity (Wildman–Crippen MR) is 83.2 cm³/mol. The number of para-hydroxylation sites is 1. The van der Waals surface area contributed by atoms with E-state index in [2.05, 4.69) is 11.1 Å². The van der Waals surface area contributed by atoms with Crippen LogP contribution in [0.1, 0.15) is 11.1 Å². The summed E-state index contributed by atoms with van der Waals surface area (Å²) in [7, 11) is 0. The molecule has 0 saturated heterocycles. The lowest BCUT2D eigenvalue weighted by atomic mass is 10.0. The first-order valence-electron chi connectivity index (χ1n) is 6.22. The fourth-order valence-corrected chi connectivity index (χ4v) is 2.43. The number of nitrogens with one attached hydrogen (secondary N) is 1. The Labute approximate surface area is 121 Å². The summed E-state index contributed by atoms with van der Waals surface area (Å²) in [4.78, 5) is 3.18. The average Bonchev–Trinajstić information content (AvgIpc) is 2.89. The van der Waals surface area contributed by atoms with Crippen molar-refractivity contribution in [2.45, 2.75) is 0 Å². The summed E-state index contributed by atoms with van der Waals surface area (Å²) in [5, 5.41) is 11.1. The molecule has 1 heterocycles. The van der Waals surface area contributed by atoms with E-state index < -0.39 is 0 Å². The minimum atomic E-state index is 0.615. The Morgan fingerprint density at radius 3 is 2.80 bits per heavy atom. The lowest BCUT2D eigenvalue weighted by Gasteiger charge is -1.99. The molecule has 0 bridgehead atoms. The summed E-state index contributed by atoms with van der Waals surface area (Å²) in [6, 6.07) is 17.7. The monoisotopic (exact) mass is 278 g/mol. The molecule has 0 amide bonds. The molecule has 3 heteroatoms. The average molecular weight is 279 g/mol. The first-order chi connectivity index (χ1) is 9.78. The third-order valence-corrected chi connectivity index (χ3v) is 3.39. The highest BCUT2D eigenvalue weighted by molar-refractivity contribution is 6.30. The second-order valence-corrected chi connectivity index (χ2v) is 4.91. The molecule has 0 aliphatic heterocycles. The van der Waals surface area contributed by atoms with E-state index in [1.165, 1.54) is 0 Å². The van der Waals surface area contributed by atoms with Crippen molar-refractivity contribution in [1.82, 2.24) is 4.98 Å². The molecule has 0 saturated carbocycles. The Hall–Kier alpha value is -2.50. The van der Waals surface area contributed by atoms with Crippen LogP contribution in [0.5, 0.6) is 0 Å². The van der Waals surface area contributed by atoms with Gasteiger partial charge >= 0.3 is 0 Å². The van der Waals surface area contributed by atoms with E-state index in [0.717, 1.165) is 22.0 Å². The van der Waals surface area contributed by atoms with Gasteiger partial charge in [-0.25, -0.2) is 0 Å². The summed E-state index contributed by atoms with van der Waals surface area (Å²) in [5.74, 6) is 0. The van der Waals surface area contributed by atoms with Gasteiger partial charge in [0.2, 0.25) is 0 Å². The first kappa shape index (κ1) is 12.5. The van der Waals surface area contributed by atoms with Crippen molar-refractivity contribution in [2.75, 3.05) is 0 Å². The maximum Gasteiger partial charge on any atom is 0.0998 e. The molecule has 96 valence electrons.